The Labute approximate surface area is 166 Å². The lowest BCUT2D eigenvalue weighted by molar-refractivity contribution is -0.385. The minimum Gasteiger partial charge on any atom is -0.486 e. The van der Waals surface area contributed by atoms with Crippen molar-refractivity contribution in [3.05, 3.63) is 76.1 Å². The Balaban J connectivity index is 1.40. The van der Waals surface area contributed by atoms with Gasteiger partial charge < -0.3 is 14.8 Å². The zero-order valence-electron chi connectivity index (χ0n) is 15.6. The van der Waals surface area contributed by atoms with Gasteiger partial charge in [0.05, 0.1) is 23.4 Å². The summed E-state index contributed by atoms with van der Waals surface area (Å²) in [5.41, 5.74) is 1.09. The van der Waals surface area contributed by atoms with E-state index in [1.807, 2.05) is 24.3 Å². The molecule has 1 aromatic heterocycles. The fraction of sp³-hybridized carbons (Fsp3) is 0.200. The highest BCUT2D eigenvalue weighted by Crippen LogP contribution is 2.31. The van der Waals surface area contributed by atoms with Crippen LogP contribution in [0.4, 0.5) is 11.4 Å². The number of fused-ring (bicyclic) bond motifs is 1. The highest BCUT2D eigenvalue weighted by Gasteiger charge is 2.21. The predicted octanol–water partition coefficient (Wildman–Crippen LogP) is 3.19. The van der Waals surface area contributed by atoms with Gasteiger partial charge in [-0.25, -0.2) is 0 Å². The average molecular weight is 394 g/mol. The lowest BCUT2D eigenvalue weighted by Crippen LogP contribution is -2.33. The molecule has 1 atom stereocenters. The number of hydrogen-bond donors (Lipinski definition) is 1. The van der Waals surface area contributed by atoms with Crippen LogP contribution in [0.5, 0.6) is 11.5 Å². The summed E-state index contributed by atoms with van der Waals surface area (Å²) in [7, 11) is 0. The average Bonchev–Trinajstić information content (AvgIpc) is 3.14. The van der Waals surface area contributed by atoms with Gasteiger partial charge in [0.15, 0.2) is 17.6 Å². The number of aromatic nitrogens is 2. The molecule has 29 heavy (non-hydrogen) atoms. The van der Waals surface area contributed by atoms with Gasteiger partial charge in [-0.15, -0.1) is 0 Å². The SMILES string of the molecule is Cc1ccc(C(=O)Nc2cnn(CC3COc4ccccc4O3)c2)cc1[N+](=O)[O-]. The molecule has 3 aromatic rings. The lowest BCUT2D eigenvalue weighted by atomic mass is 10.1. The molecule has 1 unspecified atom stereocenters. The molecule has 1 aliphatic heterocycles. The number of nitro benzene ring substituents is 1. The summed E-state index contributed by atoms with van der Waals surface area (Å²) >= 11 is 0. The number of rotatable bonds is 5. The van der Waals surface area contributed by atoms with E-state index in [1.54, 1.807) is 29.9 Å². The van der Waals surface area contributed by atoms with Crippen molar-refractivity contribution in [2.24, 2.45) is 0 Å². The summed E-state index contributed by atoms with van der Waals surface area (Å²) in [4.78, 5) is 23.0. The van der Waals surface area contributed by atoms with E-state index < -0.39 is 10.8 Å². The molecular formula is C20H18N4O5. The Hall–Kier alpha value is -3.88. The quantitative estimate of drug-likeness (QED) is 0.526. The fourth-order valence-electron chi connectivity index (χ4n) is 3.04. The van der Waals surface area contributed by atoms with Crippen LogP contribution in [0, 0.1) is 17.0 Å². The highest BCUT2D eigenvalue weighted by atomic mass is 16.6. The van der Waals surface area contributed by atoms with Crippen molar-refractivity contribution in [3.63, 3.8) is 0 Å². The van der Waals surface area contributed by atoms with Crippen LogP contribution in [-0.2, 0) is 6.54 Å². The Bertz CT molecular complexity index is 1080. The van der Waals surface area contributed by atoms with E-state index in [4.69, 9.17) is 9.47 Å². The Morgan fingerprint density at radius 1 is 1.31 bits per heavy atom. The fourth-order valence-corrected chi connectivity index (χ4v) is 3.04. The second-order valence-electron chi connectivity index (χ2n) is 6.66. The van der Waals surface area contributed by atoms with Crippen LogP contribution < -0.4 is 14.8 Å². The van der Waals surface area contributed by atoms with Crippen molar-refractivity contribution in [1.82, 2.24) is 9.78 Å². The molecule has 9 heteroatoms. The number of ether oxygens (including phenoxy) is 2. The van der Waals surface area contributed by atoms with Crippen LogP contribution in [-0.4, -0.2) is 33.3 Å². The molecule has 1 aliphatic rings. The molecule has 0 saturated heterocycles. The monoisotopic (exact) mass is 394 g/mol. The largest absolute Gasteiger partial charge is 0.486 e. The molecule has 148 valence electrons. The number of para-hydroxylation sites is 2. The first-order chi connectivity index (χ1) is 14.0. The van der Waals surface area contributed by atoms with E-state index in [9.17, 15) is 14.9 Å². The van der Waals surface area contributed by atoms with E-state index >= 15 is 0 Å². The molecule has 0 fully saturated rings. The van der Waals surface area contributed by atoms with E-state index in [0.29, 0.717) is 35.9 Å². The van der Waals surface area contributed by atoms with Crippen molar-refractivity contribution in [1.29, 1.82) is 0 Å². The van der Waals surface area contributed by atoms with Gasteiger partial charge in [-0.3, -0.25) is 19.6 Å². The third kappa shape index (κ3) is 4.03. The first-order valence-electron chi connectivity index (χ1n) is 8.97. The lowest BCUT2D eigenvalue weighted by Gasteiger charge is -2.26. The topological polar surface area (TPSA) is 109 Å². The summed E-state index contributed by atoms with van der Waals surface area (Å²) in [5.74, 6) is 0.952. The summed E-state index contributed by atoms with van der Waals surface area (Å²) in [5, 5.41) is 18.0. The number of carbonyl (C=O) groups excluding carboxylic acids is 1. The maximum atomic E-state index is 12.4. The summed E-state index contributed by atoms with van der Waals surface area (Å²) in [6.07, 6.45) is 2.97. The number of nitrogens with one attached hydrogen (secondary N) is 1. The second kappa shape index (κ2) is 7.63. The second-order valence-corrected chi connectivity index (χ2v) is 6.66. The van der Waals surface area contributed by atoms with Gasteiger partial charge in [-0.05, 0) is 25.1 Å². The molecule has 0 aliphatic carbocycles. The normalized spacial score (nSPS) is 15.0. The molecule has 0 spiro atoms. The maximum Gasteiger partial charge on any atom is 0.273 e. The van der Waals surface area contributed by atoms with Crippen LogP contribution in [0.15, 0.2) is 54.9 Å². The zero-order chi connectivity index (χ0) is 20.4. The van der Waals surface area contributed by atoms with Gasteiger partial charge >= 0.3 is 0 Å². The number of hydrogen-bond acceptors (Lipinski definition) is 6. The molecule has 4 rings (SSSR count). The molecule has 0 bridgehead atoms. The van der Waals surface area contributed by atoms with Crippen LogP contribution in [0.1, 0.15) is 15.9 Å². The van der Waals surface area contributed by atoms with Gasteiger partial charge in [-0.1, -0.05) is 18.2 Å². The number of aryl methyl sites for hydroxylation is 1. The molecule has 9 nitrogen and oxygen atoms in total. The van der Waals surface area contributed by atoms with Crippen molar-refractivity contribution < 1.29 is 19.2 Å². The number of benzene rings is 2. The van der Waals surface area contributed by atoms with Crippen molar-refractivity contribution in [3.8, 4) is 11.5 Å². The first-order valence-corrected chi connectivity index (χ1v) is 8.97. The van der Waals surface area contributed by atoms with E-state index in [0.717, 1.165) is 0 Å². The van der Waals surface area contributed by atoms with Crippen molar-refractivity contribution >= 4 is 17.3 Å². The molecular weight excluding hydrogens is 376 g/mol. The third-order valence-corrected chi connectivity index (χ3v) is 4.52. The van der Waals surface area contributed by atoms with Gasteiger partial charge in [0.1, 0.15) is 6.61 Å². The number of nitrogens with zero attached hydrogens (tertiary/aromatic N) is 3. The Morgan fingerprint density at radius 2 is 2.10 bits per heavy atom. The standard InChI is InChI=1S/C20H18N4O5/c1-13-6-7-14(8-17(13)24(26)27)20(25)22-15-9-21-23(10-15)11-16-12-28-18-4-2-3-5-19(18)29-16/h2-10,16H,11-12H2,1H3,(H,22,25). The van der Waals surface area contributed by atoms with Crippen LogP contribution in [0.25, 0.3) is 0 Å². The van der Waals surface area contributed by atoms with Gasteiger partial charge in [0.25, 0.3) is 11.6 Å². The molecule has 0 saturated carbocycles. The number of anilines is 1. The molecule has 0 radical (unpaired) electrons. The molecule has 1 N–H and O–H groups in total. The number of nitro groups is 1. The Morgan fingerprint density at radius 3 is 2.90 bits per heavy atom. The minimum atomic E-state index is -0.505. The third-order valence-electron chi connectivity index (χ3n) is 4.52. The predicted molar refractivity (Wildman–Crippen MR) is 104 cm³/mol. The van der Waals surface area contributed by atoms with E-state index in [1.165, 1.54) is 12.3 Å². The summed E-state index contributed by atoms with van der Waals surface area (Å²) in [6, 6.07) is 11.8. The molecule has 2 aromatic carbocycles. The van der Waals surface area contributed by atoms with Crippen LogP contribution in [0.3, 0.4) is 0 Å². The summed E-state index contributed by atoms with van der Waals surface area (Å²) < 4.78 is 13.2. The van der Waals surface area contributed by atoms with Crippen LogP contribution >= 0.6 is 0 Å². The maximum absolute atomic E-state index is 12.4. The smallest absolute Gasteiger partial charge is 0.273 e. The van der Waals surface area contributed by atoms with Gasteiger partial charge in [0, 0.05) is 23.4 Å². The van der Waals surface area contributed by atoms with E-state index in [-0.39, 0.29) is 17.4 Å². The van der Waals surface area contributed by atoms with Gasteiger partial charge in [0.2, 0.25) is 0 Å². The van der Waals surface area contributed by atoms with Crippen LogP contribution in [0.2, 0.25) is 0 Å². The minimum absolute atomic E-state index is 0.0944. The molecule has 1 amide bonds. The van der Waals surface area contributed by atoms with Gasteiger partial charge in [-0.2, -0.15) is 5.10 Å². The van der Waals surface area contributed by atoms with Crippen molar-refractivity contribution in [2.75, 3.05) is 11.9 Å². The highest BCUT2D eigenvalue weighted by molar-refractivity contribution is 6.04. The summed E-state index contributed by atoms with van der Waals surface area (Å²) in [6.45, 7) is 2.46. The van der Waals surface area contributed by atoms with E-state index in [2.05, 4.69) is 10.4 Å². The molecule has 2 heterocycles. The van der Waals surface area contributed by atoms with Crippen molar-refractivity contribution in [2.45, 2.75) is 19.6 Å². The first kappa shape index (κ1) is 18.5. The number of amides is 1. The zero-order valence-corrected chi connectivity index (χ0v) is 15.6. The number of carbonyl (C=O) groups is 1. The Kier molecular flexibility index (Phi) is 4.86.